The lowest BCUT2D eigenvalue weighted by Crippen LogP contribution is -2.40. The van der Waals surface area contributed by atoms with Gasteiger partial charge >= 0.3 is 0 Å². The van der Waals surface area contributed by atoms with Crippen molar-refractivity contribution >= 4 is 6.02 Å². The molecule has 0 aliphatic carbocycles. The van der Waals surface area contributed by atoms with E-state index in [2.05, 4.69) is 16.8 Å². The van der Waals surface area contributed by atoms with Gasteiger partial charge in [0.05, 0.1) is 6.02 Å². The van der Waals surface area contributed by atoms with Crippen LogP contribution in [0.15, 0.2) is 5.10 Å². The van der Waals surface area contributed by atoms with E-state index in [0.29, 0.717) is 0 Å². The minimum Gasteiger partial charge on any atom is -0.844 e. The number of hydrazine groups is 1. The van der Waals surface area contributed by atoms with Crippen LogP contribution in [0.5, 0.6) is 0 Å². The van der Waals surface area contributed by atoms with Crippen molar-refractivity contribution in [2.24, 2.45) is 16.8 Å². The fraction of sp³-hybridized carbons (Fsp3) is 0. The monoisotopic (exact) mass is 89.0 g/mol. The lowest BCUT2D eigenvalue weighted by Gasteiger charge is -2.03. The van der Waals surface area contributed by atoms with Crippen molar-refractivity contribution in [1.82, 2.24) is 5.43 Å². The maximum absolute atomic E-state index is 9.65. The van der Waals surface area contributed by atoms with Gasteiger partial charge in [-0.3, -0.25) is 5.84 Å². The van der Waals surface area contributed by atoms with E-state index < -0.39 is 6.02 Å². The summed E-state index contributed by atoms with van der Waals surface area (Å²) in [5, 5.41) is 12.3. The molecule has 0 unspecified atom stereocenters. The first-order chi connectivity index (χ1) is 2.81. The summed E-state index contributed by atoms with van der Waals surface area (Å²) in [4.78, 5) is 0. The second-order valence-corrected chi connectivity index (χ2v) is 0.579. The second kappa shape index (κ2) is 2.28. The molecule has 0 heterocycles. The van der Waals surface area contributed by atoms with Crippen molar-refractivity contribution in [3.8, 4) is 0 Å². The van der Waals surface area contributed by atoms with Crippen LogP contribution in [0, 0.1) is 0 Å². The average Bonchev–Trinajstić information content (AvgIpc) is 1.65. The standard InChI is InChI=1S/CH6N4O/c2-4-1(6)5-3/h2-3H2,(H2,4,5,6)/p-1. The number of rotatable bonds is 0. The summed E-state index contributed by atoms with van der Waals surface area (Å²) in [6.07, 6.45) is 0. The number of nitrogens with two attached hydrogens (primary N) is 2. The van der Waals surface area contributed by atoms with E-state index in [1.54, 1.807) is 5.43 Å². The third-order valence-corrected chi connectivity index (χ3v) is 0.241. The van der Waals surface area contributed by atoms with E-state index in [1.807, 2.05) is 0 Å². The normalized spacial score (nSPS) is 11.2. The SMILES string of the molecule is N/N=C(\[O-])NN. The third kappa shape index (κ3) is 1.36. The molecule has 0 aromatic heterocycles. The number of hydrogen-bond acceptors (Lipinski definition) is 4. The van der Waals surface area contributed by atoms with Crippen LogP contribution < -0.4 is 22.2 Å². The zero-order valence-corrected chi connectivity index (χ0v) is 3.01. The first-order valence-corrected chi connectivity index (χ1v) is 1.22. The smallest absolute Gasteiger partial charge is 0.0882 e. The van der Waals surface area contributed by atoms with Crippen LogP contribution in [0.2, 0.25) is 0 Å². The van der Waals surface area contributed by atoms with Crippen LogP contribution in [-0.2, 0) is 0 Å². The number of nitrogens with zero attached hydrogens (tertiary/aromatic N) is 1. The maximum Gasteiger partial charge on any atom is 0.0882 e. The van der Waals surface area contributed by atoms with E-state index in [1.165, 1.54) is 0 Å². The number of nitrogens with one attached hydrogen (secondary N) is 1. The van der Waals surface area contributed by atoms with E-state index >= 15 is 0 Å². The van der Waals surface area contributed by atoms with E-state index in [9.17, 15) is 5.11 Å². The summed E-state index contributed by atoms with van der Waals surface area (Å²) in [7, 11) is 0. The Morgan fingerprint density at radius 2 is 2.33 bits per heavy atom. The highest BCUT2D eigenvalue weighted by Gasteiger charge is 1.61. The Morgan fingerprint density at radius 3 is 2.33 bits per heavy atom. The molecule has 0 saturated heterocycles. The molecule has 0 aromatic rings. The maximum atomic E-state index is 9.65. The molecule has 0 radical (unpaired) electrons. The number of amidine groups is 1. The Balaban J connectivity index is 3.22. The molecular formula is CH5N4O-. The highest BCUT2D eigenvalue weighted by molar-refractivity contribution is 5.67. The van der Waals surface area contributed by atoms with Gasteiger partial charge in [0.25, 0.3) is 0 Å². The van der Waals surface area contributed by atoms with Crippen molar-refractivity contribution in [2.75, 3.05) is 0 Å². The molecule has 6 heavy (non-hydrogen) atoms. The molecule has 0 rings (SSSR count). The quantitative estimate of drug-likeness (QED) is 0.128. The fourth-order valence-corrected chi connectivity index (χ4v) is 0.0373. The Labute approximate surface area is 34.6 Å². The topological polar surface area (TPSA) is 99.5 Å². The lowest BCUT2D eigenvalue weighted by atomic mass is 11.2. The molecule has 0 aromatic carbocycles. The van der Waals surface area contributed by atoms with Gasteiger partial charge in [0.15, 0.2) is 0 Å². The van der Waals surface area contributed by atoms with Gasteiger partial charge in [-0.2, -0.15) is 5.10 Å². The average molecular weight is 89.1 g/mol. The van der Waals surface area contributed by atoms with Gasteiger partial charge in [-0.1, -0.05) is 0 Å². The Bertz CT molecular complexity index is 58.6. The van der Waals surface area contributed by atoms with Crippen LogP contribution in [0.4, 0.5) is 0 Å². The van der Waals surface area contributed by atoms with Crippen molar-refractivity contribution in [3.63, 3.8) is 0 Å². The predicted octanol–water partition coefficient (Wildman–Crippen LogP) is -2.96. The first-order valence-electron chi connectivity index (χ1n) is 1.22. The van der Waals surface area contributed by atoms with Crippen molar-refractivity contribution < 1.29 is 5.11 Å². The van der Waals surface area contributed by atoms with Crippen molar-refractivity contribution in [1.29, 1.82) is 0 Å². The molecule has 5 nitrogen and oxygen atoms in total. The second-order valence-electron chi connectivity index (χ2n) is 0.579. The van der Waals surface area contributed by atoms with Gasteiger partial charge in [-0.05, 0) is 0 Å². The highest BCUT2D eigenvalue weighted by Crippen LogP contribution is 1.37. The molecule has 0 fully saturated rings. The van der Waals surface area contributed by atoms with Gasteiger partial charge in [-0.15, -0.1) is 0 Å². The third-order valence-electron chi connectivity index (χ3n) is 0.241. The Morgan fingerprint density at radius 1 is 1.83 bits per heavy atom. The molecule has 5 heteroatoms. The zero-order chi connectivity index (χ0) is 4.99. The summed E-state index contributed by atoms with van der Waals surface area (Å²) < 4.78 is 0. The molecular weight excluding hydrogens is 84.0 g/mol. The Hall–Kier alpha value is -0.970. The molecule has 0 spiro atoms. The molecule has 5 N–H and O–H groups in total. The van der Waals surface area contributed by atoms with Gasteiger partial charge in [-0.25, -0.2) is 0 Å². The number of hydrazone groups is 1. The van der Waals surface area contributed by atoms with Gasteiger partial charge in [0.1, 0.15) is 0 Å². The minimum atomic E-state index is -0.727. The van der Waals surface area contributed by atoms with Crippen molar-refractivity contribution in [2.45, 2.75) is 0 Å². The fourth-order valence-electron chi connectivity index (χ4n) is 0.0373. The van der Waals surface area contributed by atoms with E-state index in [4.69, 9.17) is 0 Å². The molecule has 0 bridgehead atoms. The molecule has 0 saturated carbocycles. The minimum absolute atomic E-state index is 0.727. The molecule has 0 aliphatic rings. The molecule has 0 amide bonds. The van der Waals surface area contributed by atoms with Crippen molar-refractivity contribution in [3.05, 3.63) is 0 Å². The Kier molecular flexibility index (Phi) is 1.91. The van der Waals surface area contributed by atoms with Gasteiger partial charge < -0.3 is 16.4 Å². The summed E-state index contributed by atoms with van der Waals surface area (Å²) in [6.45, 7) is 0. The van der Waals surface area contributed by atoms with E-state index in [-0.39, 0.29) is 0 Å². The molecule has 0 aliphatic heterocycles. The zero-order valence-electron chi connectivity index (χ0n) is 3.01. The summed E-state index contributed by atoms with van der Waals surface area (Å²) >= 11 is 0. The predicted molar refractivity (Wildman–Crippen MR) is 18.9 cm³/mol. The molecule has 36 valence electrons. The number of hydrogen-bond donors (Lipinski definition) is 3. The highest BCUT2D eigenvalue weighted by atomic mass is 16.3. The first kappa shape index (κ1) is 5.03. The lowest BCUT2D eigenvalue weighted by molar-refractivity contribution is -0.222. The summed E-state index contributed by atoms with van der Waals surface area (Å²) in [5.74, 6) is 8.92. The summed E-state index contributed by atoms with van der Waals surface area (Å²) in [6, 6.07) is -0.727. The molecule has 0 atom stereocenters. The van der Waals surface area contributed by atoms with Crippen LogP contribution in [0.3, 0.4) is 0 Å². The summed E-state index contributed by atoms with van der Waals surface area (Å²) in [5.41, 5.74) is 1.68. The van der Waals surface area contributed by atoms with Crippen LogP contribution in [-0.4, -0.2) is 6.02 Å². The van der Waals surface area contributed by atoms with Crippen LogP contribution in [0.1, 0.15) is 0 Å². The van der Waals surface area contributed by atoms with Crippen LogP contribution >= 0.6 is 0 Å². The van der Waals surface area contributed by atoms with Crippen LogP contribution in [0.25, 0.3) is 0 Å². The van der Waals surface area contributed by atoms with Gasteiger partial charge in [0, 0.05) is 0 Å². The largest absolute Gasteiger partial charge is 0.844 e. The van der Waals surface area contributed by atoms with Gasteiger partial charge in [0.2, 0.25) is 0 Å². The van der Waals surface area contributed by atoms with E-state index in [0.717, 1.165) is 0 Å².